The molecule has 522 valence electrons. The van der Waals surface area contributed by atoms with Crippen LogP contribution < -0.4 is 0 Å². The van der Waals surface area contributed by atoms with E-state index < -0.39 is 97.5 Å². The second kappa shape index (κ2) is 61.3. The van der Waals surface area contributed by atoms with E-state index in [4.69, 9.17) is 37.0 Å². The number of hydrogen-bond donors (Lipinski definition) is 3. The molecule has 0 aliphatic heterocycles. The quantitative estimate of drug-likeness (QED) is 0.0222. The van der Waals surface area contributed by atoms with E-state index in [1.165, 1.54) is 161 Å². The average molecular weight is 1300 g/mol. The molecule has 0 aromatic carbocycles. The van der Waals surface area contributed by atoms with E-state index in [0.717, 1.165) is 108 Å². The van der Waals surface area contributed by atoms with Gasteiger partial charge >= 0.3 is 39.5 Å². The third kappa shape index (κ3) is 61.6. The Hall–Kier alpha value is -1.94. The predicted octanol–water partition coefficient (Wildman–Crippen LogP) is 19.6. The highest BCUT2D eigenvalue weighted by Gasteiger charge is 2.30. The number of esters is 4. The second-order valence-corrected chi connectivity index (χ2v) is 28.5. The highest BCUT2D eigenvalue weighted by atomic mass is 31.2. The minimum absolute atomic E-state index is 0.104. The van der Waals surface area contributed by atoms with Gasteiger partial charge in [-0.15, -0.1) is 0 Å². The molecule has 0 aliphatic rings. The van der Waals surface area contributed by atoms with Gasteiger partial charge < -0.3 is 33.8 Å². The topological polar surface area (TPSA) is 237 Å². The molecule has 0 aromatic rings. The fourth-order valence-corrected chi connectivity index (χ4v) is 12.0. The van der Waals surface area contributed by atoms with Crippen molar-refractivity contribution in [3.8, 4) is 0 Å². The Morgan fingerprint density at radius 1 is 0.330 bits per heavy atom. The summed E-state index contributed by atoms with van der Waals surface area (Å²) in [6.07, 6.45) is 45.9. The van der Waals surface area contributed by atoms with Gasteiger partial charge in [0.2, 0.25) is 0 Å². The highest BCUT2D eigenvalue weighted by Crippen LogP contribution is 2.45. The molecule has 0 saturated carbocycles. The molecule has 3 unspecified atom stereocenters. The van der Waals surface area contributed by atoms with E-state index in [0.29, 0.717) is 25.7 Å². The summed E-state index contributed by atoms with van der Waals surface area (Å²) in [4.78, 5) is 72.4. The molecule has 0 fully saturated rings. The Balaban J connectivity index is 5.22. The monoisotopic (exact) mass is 1300 g/mol. The van der Waals surface area contributed by atoms with Gasteiger partial charge in [0.1, 0.15) is 19.3 Å². The summed E-state index contributed by atoms with van der Waals surface area (Å²) in [7, 11) is -9.89. The third-order valence-corrected chi connectivity index (χ3v) is 18.2. The van der Waals surface area contributed by atoms with Crippen molar-refractivity contribution >= 4 is 39.5 Å². The number of unbranched alkanes of at least 4 members (excludes halogenated alkanes) is 37. The van der Waals surface area contributed by atoms with Crippen molar-refractivity contribution in [1.82, 2.24) is 0 Å². The summed E-state index contributed by atoms with van der Waals surface area (Å²) >= 11 is 0. The molecule has 0 aromatic heterocycles. The fraction of sp³-hybridized carbons (Fsp3) is 0.942. The van der Waals surface area contributed by atoms with Crippen LogP contribution >= 0.6 is 15.6 Å². The minimum atomic E-state index is -4.95. The third-order valence-electron chi connectivity index (χ3n) is 16.3. The Kier molecular flexibility index (Phi) is 59.9. The Bertz CT molecular complexity index is 1720. The largest absolute Gasteiger partial charge is 0.472 e. The van der Waals surface area contributed by atoms with Crippen LogP contribution in [0.4, 0.5) is 0 Å². The number of hydrogen-bond acceptors (Lipinski definition) is 15. The summed E-state index contributed by atoms with van der Waals surface area (Å²) in [5.41, 5.74) is 0. The lowest BCUT2D eigenvalue weighted by atomic mass is 9.99. The number of phosphoric ester groups is 2. The van der Waals surface area contributed by atoms with Crippen LogP contribution in [-0.4, -0.2) is 96.7 Å². The van der Waals surface area contributed by atoms with Gasteiger partial charge in [-0.25, -0.2) is 9.13 Å². The zero-order chi connectivity index (χ0) is 65.0. The van der Waals surface area contributed by atoms with Crippen molar-refractivity contribution in [1.29, 1.82) is 0 Å². The van der Waals surface area contributed by atoms with Gasteiger partial charge in [0.25, 0.3) is 0 Å². The molecule has 0 saturated heterocycles. The van der Waals surface area contributed by atoms with Crippen LogP contribution in [-0.2, 0) is 65.4 Å². The van der Waals surface area contributed by atoms with Crippen molar-refractivity contribution < 1.29 is 80.2 Å². The van der Waals surface area contributed by atoms with Crippen molar-refractivity contribution in [2.45, 2.75) is 368 Å². The number of rotatable bonds is 68. The highest BCUT2D eigenvalue weighted by molar-refractivity contribution is 7.47. The lowest BCUT2D eigenvalue weighted by Crippen LogP contribution is -2.30. The van der Waals surface area contributed by atoms with Gasteiger partial charge in [-0.3, -0.25) is 37.3 Å². The molecular weight excluding hydrogens is 1160 g/mol. The van der Waals surface area contributed by atoms with E-state index >= 15 is 0 Å². The van der Waals surface area contributed by atoms with Gasteiger partial charge in [-0.2, -0.15) is 0 Å². The van der Waals surface area contributed by atoms with Crippen molar-refractivity contribution in [2.75, 3.05) is 39.6 Å². The summed E-state index contributed by atoms with van der Waals surface area (Å²) in [6.45, 7) is 9.48. The first-order valence-corrected chi connectivity index (χ1v) is 39.0. The standard InChI is InChI=1S/C69H134O17P2/c1-7-10-12-14-16-18-19-20-21-22-23-24-25-26-35-41-47-53-68(73)85-65(58-80-67(72)52-46-40-34-30-28-32-38-44-50-62(6)9-3)60-84-88(77,78)82-56-63(70)55-81-87(75,76)83-59-64(57-79-66(71)51-45-39-33-17-15-13-11-8-2)86-69(74)54-48-42-36-29-27-31-37-43-49-61(4)5/h61-65,70H,7-60H2,1-6H3,(H,75,76)(H,77,78)/t62?,63-,64+,65+/m0/s1. The van der Waals surface area contributed by atoms with Crippen LogP contribution in [0.15, 0.2) is 0 Å². The molecule has 0 spiro atoms. The maximum absolute atomic E-state index is 13.0. The number of aliphatic hydroxyl groups excluding tert-OH is 1. The molecule has 0 amide bonds. The maximum Gasteiger partial charge on any atom is 0.472 e. The Morgan fingerprint density at radius 2 is 0.580 bits per heavy atom. The first-order chi connectivity index (χ1) is 42.4. The normalized spacial score (nSPS) is 14.5. The number of ether oxygens (including phenoxy) is 4. The summed E-state index contributed by atoms with van der Waals surface area (Å²) in [5.74, 6) is -0.633. The molecule has 19 heteroatoms. The van der Waals surface area contributed by atoms with E-state index in [9.17, 15) is 43.2 Å². The molecule has 0 rings (SSSR count). The van der Waals surface area contributed by atoms with Gasteiger partial charge in [0.15, 0.2) is 12.2 Å². The second-order valence-electron chi connectivity index (χ2n) is 25.6. The predicted molar refractivity (Wildman–Crippen MR) is 354 cm³/mol. The van der Waals surface area contributed by atoms with E-state index in [2.05, 4.69) is 41.5 Å². The van der Waals surface area contributed by atoms with E-state index in [1.807, 2.05) is 0 Å². The van der Waals surface area contributed by atoms with Crippen molar-refractivity contribution in [2.24, 2.45) is 11.8 Å². The van der Waals surface area contributed by atoms with Crippen LogP contribution in [0.1, 0.15) is 350 Å². The van der Waals surface area contributed by atoms with Crippen LogP contribution in [0, 0.1) is 11.8 Å². The molecule has 0 radical (unpaired) electrons. The lowest BCUT2D eigenvalue weighted by Gasteiger charge is -2.21. The summed E-state index contributed by atoms with van der Waals surface area (Å²) in [5, 5.41) is 10.6. The average Bonchev–Trinajstić information content (AvgIpc) is 3.69. The fourth-order valence-electron chi connectivity index (χ4n) is 10.4. The molecular formula is C69H134O17P2. The minimum Gasteiger partial charge on any atom is -0.462 e. The molecule has 6 atom stereocenters. The molecule has 0 bridgehead atoms. The maximum atomic E-state index is 13.0. The Labute approximate surface area is 537 Å². The smallest absolute Gasteiger partial charge is 0.462 e. The zero-order valence-electron chi connectivity index (χ0n) is 57.0. The first kappa shape index (κ1) is 86.1. The molecule has 17 nitrogen and oxygen atoms in total. The van der Waals surface area contributed by atoms with E-state index in [-0.39, 0.29) is 25.7 Å². The van der Waals surface area contributed by atoms with Gasteiger partial charge in [0.05, 0.1) is 26.4 Å². The Morgan fingerprint density at radius 3 is 0.864 bits per heavy atom. The van der Waals surface area contributed by atoms with Gasteiger partial charge in [0, 0.05) is 25.7 Å². The number of aliphatic hydroxyl groups is 1. The molecule has 0 heterocycles. The molecule has 3 N–H and O–H groups in total. The zero-order valence-corrected chi connectivity index (χ0v) is 58.8. The first-order valence-electron chi connectivity index (χ1n) is 36.0. The van der Waals surface area contributed by atoms with Crippen LogP contribution in [0.3, 0.4) is 0 Å². The van der Waals surface area contributed by atoms with Gasteiger partial charge in [-0.05, 0) is 37.5 Å². The summed E-state index contributed by atoms with van der Waals surface area (Å²) < 4.78 is 68.2. The van der Waals surface area contributed by atoms with Crippen LogP contribution in [0.2, 0.25) is 0 Å². The molecule has 0 aliphatic carbocycles. The van der Waals surface area contributed by atoms with E-state index in [1.54, 1.807) is 0 Å². The van der Waals surface area contributed by atoms with Crippen LogP contribution in [0.5, 0.6) is 0 Å². The lowest BCUT2D eigenvalue weighted by molar-refractivity contribution is -0.161. The molecule has 88 heavy (non-hydrogen) atoms. The van der Waals surface area contributed by atoms with Gasteiger partial charge in [-0.1, -0.05) is 298 Å². The van der Waals surface area contributed by atoms with Crippen LogP contribution in [0.25, 0.3) is 0 Å². The number of carbonyl (C=O) groups is 4. The summed E-state index contributed by atoms with van der Waals surface area (Å²) in [6, 6.07) is 0. The van der Waals surface area contributed by atoms with Crippen molar-refractivity contribution in [3.05, 3.63) is 0 Å². The van der Waals surface area contributed by atoms with Crippen molar-refractivity contribution in [3.63, 3.8) is 0 Å². The number of phosphoric acid groups is 2. The SMILES string of the molecule is CCCCCCCCCCCCCCCCCCCC(=O)O[C@H](COC(=O)CCCCCCCCCCC(C)CC)COP(=O)(O)OC[C@@H](O)COP(=O)(O)OC[C@@H](COC(=O)CCCCCCCCCC)OC(=O)CCCCCCCCCCC(C)C. The number of carbonyl (C=O) groups excluding carboxylic acids is 4.